The van der Waals surface area contributed by atoms with Crippen LogP contribution in [0.25, 0.3) is 0 Å². The summed E-state index contributed by atoms with van der Waals surface area (Å²) in [5, 5.41) is 20.5. The number of ether oxygens (including phenoxy) is 4. The molecule has 0 bridgehead atoms. The first-order valence-corrected chi connectivity index (χ1v) is 13.5. The number of benzene rings is 2. The number of nitrogens with zero attached hydrogens (tertiary/aromatic N) is 1. The number of cyclic esters (lactones) is 1. The fourth-order valence-electron chi connectivity index (χ4n) is 4.04. The molecule has 1 atom stereocenters. The second-order valence-corrected chi connectivity index (χ2v) is 10.7. The number of fused-ring (bicyclic) bond motifs is 2. The Morgan fingerprint density at radius 1 is 1.27 bits per heavy atom. The number of carbonyl (C=O) groups is 2. The molecule has 0 fully saturated rings. The van der Waals surface area contributed by atoms with Crippen LogP contribution in [-0.2, 0) is 11.3 Å². The molecule has 0 aromatic heterocycles. The zero-order chi connectivity index (χ0) is 27.5. The Morgan fingerprint density at radius 3 is 2.57 bits per heavy atom. The molecule has 2 aromatic rings. The van der Waals surface area contributed by atoms with E-state index in [2.05, 4.69) is 0 Å². The molecule has 1 amide bonds. The molecule has 2 N–H and O–H groups in total. The number of hydrogen-bond donors (Lipinski definition) is 2. The number of halogens is 1. The van der Waals surface area contributed by atoms with Crippen LogP contribution in [0.1, 0.15) is 67.3 Å². The molecule has 3 rings (SSSR count). The normalized spacial score (nSPS) is 13.9. The SMILES string of the molecule is COc1c([C@@H](O)CC(C)C)ccc2c1C(=O)OCc1cc(C)cc(OC(=O)N(CI)C(C)(C)CO)c1O2. The molecule has 2 aromatic carbocycles. The van der Waals surface area contributed by atoms with Gasteiger partial charge < -0.3 is 29.2 Å². The minimum Gasteiger partial charge on any atom is -0.495 e. The minimum atomic E-state index is -0.848. The lowest BCUT2D eigenvalue weighted by atomic mass is 9.96. The molecule has 0 aliphatic carbocycles. The molecular weight excluding hydrogens is 593 g/mol. The first-order valence-electron chi connectivity index (χ1n) is 12.0. The number of hydrogen-bond acceptors (Lipinski definition) is 8. The molecule has 0 spiro atoms. The van der Waals surface area contributed by atoms with Crippen molar-refractivity contribution < 1.29 is 38.7 Å². The van der Waals surface area contributed by atoms with Crippen LogP contribution in [0.15, 0.2) is 24.3 Å². The van der Waals surface area contributed by atoms with Crippen LogP contribution in [-0.4, -0.2) is 51.0 Å². The van der Waals surface area contributed by atoms with Crippen LogP contribution < -0.4 is 14.2 Å². The summed E-state index contributed by atoms with van der Waals surface area (Å²) in [5.41, 5.74) is 0.943. The fraction of sp³-hybridized carbons (Fsp3) is 0.481. The van der Waals surface area contributed by atoms with Gasteiger partial charge in [-0.2, -0.15) is 0 Å². The van der Waals surface area contributed by atoms with Gasteiger partial charge in [-0.25, -0.2) is 9.59 Å². The van der Waals surface area contributed by atoms with Crippen molar-refractivity contribution in [3.05, 3.63) is 46.5 Å². The first kappa shape index (κ1) is 29.0. The van der Waals surface area contributed by atoms with Gasteiger partial charge in [0.05, 0.1) is 29.9 Å². The van der Waals surface area contributed by atoms with Gasteiger partial charge in [-0.1, -0.05) is 36.4 Å². The van der Waals surface area contributed by atoms with Gasteiger partial charge in [-0.15, -0.1) is 0 Å². The van der Waals surface area contributed by atoms with Crippen molar-refractivity contribution in [2.75, 3.05) is 18.3 Å². The van der Waals surface area contributed by atoms with Gasteiger partial charge in [0.25, 0.3) is 0 Å². The molecule has 202 valence electrons. The summed E-state index contributed by atoms with van der Waals surface area (Å²) >= 11 is 2.03. The third kappa shape index (κ3) is 6.29. The van der Waals surface area contributed by atoms with E-state index >= 15 is 0 Å². The first-order chi connectivity index (χ1) is 17.4. The number of rotatable bonds is 8. The smallest absolute Gasteiger partial charge is 0.416 e. The van der Waals surface area contributed by atoms with E-state index in [9.17, 15) is 19.8 Å². The average Bonchev–Trinajstić information content (AvgIpc) is 2.82. The molecule has 0 saturated carbocycles. The maximum absolute atomic E-state index is 13.1. The second kappa shape index (κ2) is 11.9. The molecular formula is C27H34INO8. The molecule has 1 heterocycles. The summed E-state index contributed by atoms with van der Waals surface area (Å²) in [5.74, 6) is 0.249. The predicted octanol–water partition coefficient (Wildman–Crippen LogP) is 5.51. The zero-order valence-electron chi connectivity index (χ0n) is 22.0. The number of aliphatic hydroxyl groups excluding tert-OH is 2. The van der Waals surface area contributed by atoms with Crippen LogP contribution in [0.5, 0.6) is 23.0 Å². The average molecular weight is 627 g/mol. The van der Waals surface area contributed by atoms with Crippen LogP contribution in [0.3, 0.4) is 0 Å². The van der Waals surface area contributed by atoms with Crippen LogP contribution in [0, 0.1) is 12.8 Å². The number of aryl methyl sites for hydroxylation is 1. The van der Waals surface area contributed by atoms with Crippen molar-refractivity contribution in [2.24, 2.45) is 5.92 Å². The number of amides is 1. The summed E-state index contributed by atoms with van der Waals surface area (Å²) in [6, 6.07) is 6.68. The largest absolute Gasteiger partial charge is 0.495 e. The monoisotopic (exact) mass is 627 g/mol. The third-order valence-electron chi connectivity index (χ3n) is 6.11. The lowest BCUT2D eigenvalue weighted by Crippen LogP contribution is -2.50. The van der Waals surface area contributed by atoms with Gasteiger partial charge in [-0.05, 0) is 62.9 Å². The predicted molar refractivity (Wildman–Crippen MR) is 146 cm³/mol. The number of alkyl halides is 1. The Morgan fingerprint density at radius 2 is 1.97 bits per heavy atom. The molecule has 10 heteroatoms. The van der Waals surface area contributed by atoms with E-state index in [4.69, 9.17) is 18.9 Å². The van der Waals surface area contributed by atoms with Gasteiger partial charge >= 0.3 is 12.1 Å². The van der Waals surface area contributed by atoms with Gasteiger partial charge in [0.1, 0.15) is 23.7 Å². The van der Waals surface area contributed by atoms with E-state index in [0.717, 1.165) is 5.56 Å². The van der Waals surface area contributed by atoms with Crippen molar-refractivity contribution in [3.63, 3.8) is 0 Å². The number of esters is 1. The van der Waals surface area contributed by atoms with Crippen LogP contribution in [0.4, 0.5) is 4.79 Å². The number of aliphatic hydroxyl groups is 2. The summed E-state index contributed by atoms with van der Waals surface area (Å²) in [7, 11) is 1.42. The van der Waals surface area contributed by atoms with Gasteiger partial charge in [0.2, 0.25) is 0 Å². The summed E-state index contributed by atoms with van der Waals surface area (Å²) in [4.78, 5) is 27.6. The van der Waals surface area contributed by atoms with Crippen molar-refractivity contribution in [3.8, 4) is 23.0 Å². The Labute approximate surface area is 230 Å². The standard InChI is InChI=1S/C27H34INO8/c1-15(2)9-19(31)18-7-8-20-22(24(18)34-6)25(32)35-12-17-10-16(3)11-21(23(17)36-20)37-26(33)29(14-28)27(4,5)13-30/h7-8,10-11,15,19,30-31H,9,12-14H2,1-6H3/t19-/m0/s1. The fourth-order valence-corrected chi connectivity index (χ4v) is 5.25. The lowest BCUT2D eigenvalue weighted by molar-refractivity contribution is 0.0452. The Kier molecular flexibility index (Phi) is 9.30. The topological polar surface area (TPSA) is 115 Å². The number of carbonyl (C=O) groups excluding carboxylic acids is 2. The van der Waals surface area contributed by atoms with E-state index in [1.165, 1.54) is 12.0 Å². The van der Waals surface area contributed by atoms with Crippen molar-refractivity contribution in [1.82, 2.24) is 4.90 Å². The molecule has 0 unspecified atom stereocenters. The van der Waals surface area contributed by atoms with Crippen molar-refractivity contribution >= 4 is 34.7 Å². The molecule has 1 aliphatic rings. The highest BCUT2D eigenvalue weighted by molar-refractivity contribution is 14.1. The quantitative estimate of drug-likeness (QED) is 0.171. The maximum Gasteiger partial charge on any atom is 0.416 e. The molecule has 9 nitrogen and oxygen atoms in total. The summed E-state index contributed by atoms with van der Waals surface area (Å²) in [6.45, 7) is 8.90. The summed E-state index contributed by atoms with van der Waals surface area (Å²) in [6.07, 6.45) is -1.03. The van der Waals surface area contributed by atoms with Crippen molar-refractivity contribution in [1.29, 1.82) is 0 Å². The third-order valence-corrected chi connectivity index (χ3v) is 6.80. The lowest BCUT2D eigenvalue weighted by Gasteiger charge is -2.34. The highest BCUT2D eigenvalue weighted by atomic mass is 127. The maximum atomic E-state index is 13.1. The minimum absolute atomic E-state index is 0.0432. The molecule has 1 aliphatic heterocycles. The Balaban J connectivity index is 2.09. The van der Waals surface area contributed by atoms with E-state index in [0.29, 0.717) is 17.5 Å². The van der Waals surface area contributed by atoms with E-state index in [1.807, 2.05) is 43.4 Å². The summed E-state index contributed by atoms with van der Waals surface area (Å²) < 4.78 is 23.4. The van der Waals surface area contributed by atoms with Gasteiger partial charge in [0.15, 0.2) is 11.5 Å². The molecule has 37 heavy (non-hydrogen) atoms. The second-order valence-electron chi connectivity index (χ2n) is 10.0. The Hall–Kier alpha value is -2.57. The highest BCUT2D eigenvalue weighted by Gasteiger charge is 2.34. The molecule has 0 radical (unpaired) electrons. The van der Waals surface area contributed by atoms with Crippen molar-refractivity contribution in [2.45, 2.75) is 59.3 Å². The number of methoxy groups -OCH3 is 1. The van der Waals surface area contributed by atoms with E-state index in [-0.39, 0.29) is 52.2 Å². The highest BCUT2D eigenvalue weighted by Crippen LogP contribution is 2.44. The Bertz CT molecular complexity index is 1160. The van der Waals surface area contributed by atoms with E-state index in [1.54, 1.807) is 38.1 Å². The van der Waals surface area contributed by atoms with Gasteiger partial charge in [-0.3, -0.25) is 4.90 Å². The van der Waals surface area contributed by atoms with Crippen LogP contribution >= 0.6 is 22.6 Å². The zero-order valence-corrected chi connectivity index (χ0v) is 24.1. The van der Waals surface area contributed by atoms with E-state index < -0.39 is 23.7 Å². The van der Waals surface area contributed by atoms with Crippen LogP contribution in [0.2, 0.25) is 0 Å². The molecule has 0 saturated heterocycles. The van der Waals surface area contributed by atoms with Gasteiger partial charge in [0, 0.05) is 11.1 Å².